The number of carbonyl (C=O) groups excluding carboxylic acids is 6. The summed E-state index contributed by atoms with van der Waals surface area (Å²) in [7, 11) is 1.40. The van der Waals surface area contributed by atoms with E-state index in [0.717, 1.165) is 68.1 Å². The third-order valence-electron chi connectivity index (χ3n) is 14.9. The van der Waals surface area contributed by atoms with Gasteiger partial charge in [0.05, 0.1) is 38.3 Å². The van der Waals surface area contributed by atoms with Crippen LogP contribution in [0.3, 0.4) is 0 Å². The molecule has 0 unspecified atom stereocenters. The van der Waals surface area contributed by atoms with Crippen molar-refractivity contribution in [2.75, 3.05) is 7.11 Å². The molecule has 12 nitrogen and oxygen atoms in total. The fraction of sp³-hybridized carbons (Fsp3) is 0.410. The summed E-state index contributed by atoms with van der Waals surface area (Å²) in [5.74, 6) is -6.06. The van der Waals surface area contributed by atoms with Gasteiger partial charge in [0.2, 0.25) is 23.3 Å². The van der Waals surface area contributed by atoms with Gasteiger partial charge in [0.1, 0.15) is 11.6 Å². The van der Waals surface area contributed by atoms with Gasteiger partial charge in [0, 0.05) is 50.9 Å². The number of carboxylic acids is 1. The maximum Gasteiger partial charge on any atom is 1.00 e. The average Bonchev–Trinajstić information content (AvgIpc) is 2.88. The number of aromatic nitrogens is 2. The molecule has 0 atom stereocenters. The van der Waals surface area contributed by atoms with Crippen molar-refractivity contribution in [2.45, 2.75) is 140 Å². The van der Waals surface area contributed by atoms with Crippen LogP contribution < -0.4 is 34.7 Å². The van der Waals surface area contributed by atoms with E-state index in [-0.39, 0.29) is 142 Å². The van der Waals surface area contributed by atoms with E-state index in [2.05, 4.69) is 9.97 Å². The molecule has 2 aliphatic rings. The summed E-state index contributed by atoms with van der Waals surface area (Å²) in [4.78, 5) is 80.4. The van der Waals surface area contributed by atoms with Gasteiger partial charge in [-0.3, -0.25) is 24.0 Å². The molecule has 4 aromatic carbocycles. The number of carboxylic acid groups (broad SMARTS) is 1. The number of ether oxygens (including phenoxy) is 1. The first-order valence-corrected chi connectivity index (χ1v) is 28.5. The molecular formula is C61H57Cl4F6N2NaO10. The summed E-state index contributed by atoms with van der Waals surface area (Å²) < 4.78 is 96.3. The molecular weight excluding hydrogens is 1200 g/mol. The van der Waals surface area contributed by atoms with Crippen molar-refractivity contribution in [2.24, 2.45) is 11.8 Å². The van der Waals surface area contributed by atoms with Gasteiger partial charge in [-0.2, -0.15) is 26.3 Å². The van der Waals surface area contributed by atoms with E-state index in [0.29, 0.717) is 24.2 Å². The number of benzene rings is 4. The number of hydrogen-bond acceptors (Lipinski definition) is 12. The van der Waals surface area contributed by atoms with Crippen LogP contribution in [-0.2, 0) is 49.1 Å². The minimum atomic E-state index is -4.97. The van der Waals surface area contributed by atoms with Crippen molar-refractivity contribution in [1.29, 1.82) is 0 Å². The second kappa shape index (κ2) is 30.8. The van der Waals surface area contributed by atoms with Crippen molar-refractivity contribution >= 4 is 81.5 Å². The third-order valence-corrected chi connectivity index (χ3v) is 16.2. The molecule has 0 radical (unpaired) electrons. The quantitative estimate of drug-likeness (QED) is 0.0271. The minimum absolute atomic E-state index is 0. The molecule has 0 N–H and O–H groups in total. The Hall–Kier alpha value is -5.34. The van der Waals surface area contributed by atoms with Crippen LogP contribution in [0.25, 0.3) is 22.9 Å². The molecule has 0 amide bonds. The van der Waals surface area contributed by atoms with Gasteiger partial charge in [-0.1, -0.05) is 107 Å². The molecule has 2 saturated carbocycles. The molecule has 2 aliphatic carbocycles. The first-order valence-electron chi connectivity index (χ1n) is 27.0. The van der Waals surface area contributed by atoms with Crippen LogP contribution in [0.5, 0.6) is 0 Å². The average molecular weight is 1260 g/mol. The Labute approximate surface area is 523 Å². The zero-order valence-corrected chi connectivity index (χ0v) is 50.9. The molecule has 23 heteroatoms. The first-order chi connectivity index (χ1) is 39.4. The number of Topliss-reactive ketones (excluding diaryl/α,β-unsaturated/α-hetero) is 4. The zero-order valence-electron chi connectivity index (χ0n) is 45.9. The SMILES string of the molecule is COC(=O)CC1CCC(c2ccc(CC(=O)CCCC(=O)c3nc(-c4c(Cl)cccc4Cl)oc3C(F)(F)F)cc2)CC1.O=C([O-])CC1CCC(c2ccc(CC(=O)CCCC(=O)c3nc(-c4c(Cl)cccc4Cl)oc3C(F)(F)F)cc2)CC1.[Na+]. The van der Waals surface area contributed by atoms with E-state index in [1.807, 2.05) is 48.5 Å². The molecule has 2 aromatic heterocycles. The van der Waals surface area contributed by atoms with Crippen molar-refractivity contribution in [1.82, 2.24) is 9.97 Å². The van der Waals surface area contributed by atoms with Gasteiger partial charge in [0.15, 0.2) is 23.0 Å². The minimum Gasteiger partial charge on any atom is -0.550 e. The number of methoxy groups -OCH3 is 1. The number of oxazole rings is 2. The van der Waals surface area contributed by atoms with Gasteiger partial charge < -0.3 is 23.5 Å². The summed E-state index contributed by atoms with van der Waals surface area (Å²) in [6, 6.07) is 24.2. The van der Waals surface area contributed by atoms with Crippen molar-refractivity contribution in [3.63, 3.8) is 0 Å². The van der Waals surface area contributed by atoms with Crippen LogP contribution in [0, 0.1) is 11.8 Å². The Morgan fingerprint density at radius 1 is 0.536 bits per heavy atom. The summed E-state index contributed by atoms with van der Waals surface area (Å²) in [5.41, 5.74) is 2.13. The van der Waals surface area contributed by atoms with E-state index in [1.54, 1.807) is 0 Å². The fourth-order valence-electron chi connectivity index (χ4n) is 10.6. The monoisotopic (exact) mass is 1250 g/mol. The molecule has 0 aliphatic heterocycles. The second-order valence-corrected chi connectivity index (χ2v) is 22.5. The van der Waals surface area contributed by atoms with Gasteiger partial charge in [0.25, 0.3) is 0 Å². The summed E-state index contributed by atoms with van der Waals surface area (Å²) in [6.07, 6.45) is -2.17. The zero-order chi connectivity index (χ0) is 60.2. The van der Waals surface area contributed by atoms with Crippen molar-refractivity contribution in [3.8, 4) is 22.9 Å². The van der Waals surface area contributed by atoms with Crippen LogP contribution in [-0.4, -0.2) is 52.1 Å². The van der Waals surface area contributed by atoms with E-state index in [9.17, 15) is 60.2 Å². The van der Waals surface area contributed by atoms with E-state index in [4.69, 9.17) is 60.0 Å². The normalized spacial score (nSPS) is 17.1. The van der Waals surface area contributed by atoms with Gasteiger partial charge in [-0.15, -0.1) is 0 Å². The van der Waals surface area contributed by atoms with E-state index < -0.39 is 64.6 Å². The van der Waals surface area contributed by atoms with Crippen LogP contribution in [0.1, 0.15) is 169 Å². The molecule has 0 bridgehead atoms. The number of ketones is 4. The Kier molecular flexibility index (Phi) is 24.9. The summed E-state index contributed by atoms with van der Waals surface area (Å²) in [5, 5.41) is 10.9. The smallest absolute Gasteiger partial charge is 0.550 e. The molecule has 2 fully saturated rings. The van der Waals surface area contributed by atoms with Gasteiger partial charge >= 0.3 is 47.9 Å². The van der Waals surface area contributed by atoms with Gasteiger partial charge in [-0.25, -0.2) is 9.97 Å². The molecule has 6 aromatic rings. The molecule has 0 spiro atoms. The predicted octanol–water partition coefficient (Wildman–Crippen LogP) is 12.9. The molecule has 2 heterocycles. The Balaban J connectivity index is 0.000000266. The number of halogens is 10. The Morgan fingerprint density at radius 3 is 1.20 bits per heavy atom. The molecule has 442 valence electrons. The Bertz CT molecular complexity index is 3240. The van der Waals surface area contributed by atoms with Crippen LogP contribution in [0.4, 0.5) is 26.3 Å². The van der Waals surface area contributed by atoms with E-state index >= 15 is 0 Å². The third kappa shape index (κ3) is 18.8. The number of carbonyl (C=O) groups is 6. The number of alkyl halides is 6. The predicted molar refractivity (Wildman–Crippen MR) is 296 cm³/mol. The standard InChI is InChI=1S/C31H30Cl2F3NO5.C30H28Cl2F3NO5.Na/c1-41-26(40)17-19-10-14-21(15-11-19)20-12-8-18(9-13-20)16-22(38)4-2-7-25(39)28-29(31(34,35)36)42-30(37-28)27-23(32)5-3-6-24(27)33;31-22-4-2-5-23(32)26(22)29-36-27(28(41-29)30(33,34)35)24(38)6-1-3-21(37)15-17-7-11-19(12-8-17)20-13-9-18(10-14-20)16-25(39)40;/h3,5-6,8-9,12-13,19,21H,2,4,7,10-11,14-17H2,1H3;2,4-5,7-8,11-12,18,20H,1,3,6,9-10,13-16H2,(H,39,40);/q;;+1/p-1. The topological polar surface area (TPSA) is 187 Å². The fourth-order valence-corrected chi connectivity index (χ4v) is 11.7. The number of hydrogen-bond donors (Lipinski definition) is 0. The molecule has 8 rings (SSSR count). The van der Waals surface area contributed by atoms with E-state index in [1.165, 1.54) is 49.1 Å². The van der Waals surface area contributed by atoms with Crippen LogP contribution in [0.2, 0.25) is 20.1 Å². The summed E-state index contributed by atoms with van der Waals surface area (Å²) >= 11 is 24.3. The van der Waals surface area contributed by atoms with Crippen molar-refractivity contribution in [3.05, 3.63) is 150 Å². The number of nitrogens with zero attached hydrogens (tertiary/aromatic N) is 2. The maximum absolute atomic E-state index is 13.6. The number of rotatable bonds is 22. The Morgan fingerprint density at radius 2 is 0.881 bits per heavy atom. The van der Waals surface area contributed by atoms with Crippen molar-refractivity contribution < 1.29 is 103 Å². The molecule has 0 saturated heterocycles. The number of aliphatic carboxylic acids is 1. The number of esters is 1. The first kappa shape index (κ1) is 67.8. The maximum atomic E-state index is 13.6. The summed E-state index contributed by atoms with van der Waals surface area (Å²) in [6.45, 7) is 0. The van der Waals surface area contributed by atoms with Crippen LogP contribution >= 0.6 is 46.4 Å². The molecule has 84 heavy (non-hydrogen) atoms. The van der Waals surface area contributed by atoms with Crippen LogP contribution in [0.15, 0.2) is 93.8 Å². The largest absolute Gasteiger partial charge is 1.00 e. The second-order valence-electron chi connectivity index (χ2n) is 20.8. The van der Waals surface area contributed by atoms with Gasteiger partial charge in [-0.05, 0) is 141 Å².